The molecule has 84 valence electrons. The molecule has 0 radical (unpaired) electrons. The smallest absolute Gasteiger partial charge is 0.317 e. The van der Waals surface area contributed by atoms with Crippen LogP contribution in [0.15, 0.2) is 0 Å². The predicted molar refractivity (Wildman–Crippen MR) is 59.5 cm³/mol. The molecule has 0 amide bonds. The first-order valence-electron chi connectivity index (χ1n) is 5.60. The molecule has 0 spiro atoms. The first-order chi connectivity index (χ1) is 7.22. The SMILES string of the molecule is C#CCN(CC(=O)O)CC1CCCCC1. The highest BCUT2D eigenvalue weighted by Crippen LogP contribution is 2.24. The molecule has 15 heavy (non-hydrogen) atoms. The Morgan fingerprint density at radius 3 is 2.60 bits per heavy atom. The van der Waals surface area contributed by atoms with Gasteiger partial charge < -0.3 is 5.11 Å². The molecule has 0 aromatic heterocycles. The molecule has 1 fully saturated rings. The van der Waals surface area contributed by atoms with E-state index in [9.17, 15) is 4.79 Å². The zero-order valence-corrected chi connectivity index (χ0v) is 9.11. The molecule has 0 aromatic rings. The van der Waals surface area contributed by atoms with Crippen molar-refractivity contribution >= 4 is 5.97 Å². The van der Waals surface area contributed by atoms with Crippen LogP contribution in [0.25, 0.3) is 0 Å². The van der Waals surface area contributed by atoms with E-state index in [2.05, 4.69) is 5.92 Å². The normalized spacial score (nSPS) is 17.6. The molecule has 0 unspecified atom stereocenters. The standard InChI is InChI=1S/C12H19NO2/c1-2-8-13(10-12(14)15)9-11-6-4-3-5-7-11/h1,11H,3-10H2,(H,14,15). The van der Waals surface area contributed by atoms with Crippen molar-refractivity contribution in [1.82, 2.24) is 4.90 Å². The van der Waals surface area contributed by atoms with Gasteiger partial charge in [0.15, 0.2) is 0 Å². The maximum absolute atomic E-state index is 10.6. The van der Waals surface area contributed by atoms with Crippen molar-refractivity contribution in [2.75, 3.05) is 19.6 Å². The lowest BCUT2D eigenvalue weighted by atomic mass is 9.89. The summed E-state index contributed by atoms with van der Waals surface area (Å²) in [6.07, 6.45) is 11.6. The van der Waals surface area contributed by atoms with Gasteiger partial charge in [-0.1, -0.05) is 25.2 Å². The van der Waals surface area contributed by atoms with E-state index in [-0.39, 0.29) is 6.54 Å². The van der Waals surface area contributed by atoms with Crippen LogP contribution in [-0.4, -0.2) is 35.6 Å². The van der Waals surface area contributed by atoms with Crippen molar-refractivity contribution in [3.8, 4) is 12.3 Å². The summed E-state index contributed by atoms with van der Waals surface area (Å²) in [7, 11) is 0. The molecule has 0 bridgehead atoms. The van der Waals surface area contributed by atoms with Gasteiger partial charge in [-0.25, -0.2) is 0 Å². The number of hydrogen-bond acceptors (Lipinski definition) is 2. The molecule has 1 aliphatic rings. The van der Waals surface area contributed by atoms with Gasteiger partial charge in [0.1, 0.15) is 0 Å². The van der Waals surface area contributed by atoms with Gasteiger partial charge in [0.25, 0.3) is 0 Å². The minimum Gasteiger partial charge on any atom is -0.480 e. The molecule has 0 atom stereocenters. The molecule has 1 saturated carbocycles. The van der Waals surface area contributed by atoms with E-state index >= 15 is 0 Å². The molecule has 0 saturated heterocycles. The number of hydrogen-bond donors (Lipinski definition) is 1. The van der Waals surface area contributed by atoms with E-state index in [1.54, 1.807) is 0 Å². The fraction of sp³-hybridized carbons (Fsp3) is 0.750. The van der Waals surface area contributed by atoms with Crippen LogP contribution in [0.2, 0.25) is 0 Å². The Kier molecular flexibility index (Phi) is 5.20. The van der Waals surface area contributed by atoms with Gasteiger partial charge in [0.2, 0.25) is 0 Å². The molecule has 0 aliphatic heterocycles. The number of aliphatic carboxylic acids is 1. The Labute approximate surface area is 91.5 Å². The summed E-state index contributed by atoms with van der Waals surface area (Å²) in [4.78, 5) is 12.5. The molecule has 0 aromatic carbocycles. The summed E-state index contributed by atoms with van der Waals surface area (Å²) in [5.41, 5.74) is 0. The third kappa shape index (κ3) is 4.85. The number of terminal acetylenes is 1. The van der Waals surface area contributed by atoms with E-state index in [4.69, 9.17) is 11.5 Å². The van der Waals surface area contributed by atoms with Crippen molar-refractivity contribution in [3.05, 3.63) is 0 Å². The van der Waals surface area contributed by atoms with Crippen molar-refractivity contribution in [2.45, 2.75) is 32.1 Å². The van der Waals surface area contributed by atoms with E-state index in [1.807, 2.05) is 4.90 Å². The number of carboxylic acids is 1. The Hall–Kier alpha value is -1.01. The second kappa shape index (κ2) is 6.47. The highest BCUT2D eigenvalue weighted by molar-refractivity contribution is 5.69. The zero-order chi connectivity index (χ0) is 11.1. The topological polar surface area (TPSA) is 40.5 Å². The molecular weight excluding hydrogens is 190 g/mol. The van der Waals surface area contributed by atoms with E-state index < -0.39 is 5.97 Å². The molecule has 1 N–H and O–H groups in total. The Bertz CT molecular complexity index is 238. The van der Waals surface area contributed by atoms with Crippen molar-refractivity contribution in [1.29, 1.82) is 0 Å². The van der Waals surface area contributed by atoms with E-state index in [0.717, 1.165) is 6.54 Å². The summed E-state index contributed by atoms with van der Waals surface area (Å²) in [6, 6.07) is 0. The Balaban J connectivity index is 2.35. The van der Waals surface area contributed by atoms with Crippen LogP contribution in [0.4, 0.5) is 0 Å². The number of nitrogens with zero attached hydrogens (tertiary/aromatic N) is 1. The van der Waals surface area contributed by atoms with E-state index in [0.29, 0.717) is 12.5 Å². The monoisotopic (exact) mass is 209 g/mol. The number of carbonyl (C=O) groups is 1. The molecule has 0 heterocycles. The highest BCUT2D eigenvalue weighted by atomic mass is 16.4. The van der Waals surface area contributed by atoms with Gasteiger partial charge in [0, 0.05) is 6.54 Å². The van der Waals surface area contributed by atoms with Crippen LogP contribution in [0.5, 0.6) is 0 Å². The van der Waals surface area contributed by atoms with Gasteiger partial charge in [-0.05, 0) is 18.8 Å². The maximum Gasteiger partial charge on any atom is 0.317 e. The number of carboxylic acid groups (broad SMARTS) is 1. The predicted octanol–water partition coefficient (Wildman–Crippen LogP) is 1.59. The minimum absolute atomic E-state index is 0.0701. The molecular formula is C12H19NO2. The van der Waals surface area contributed by atoms with Crippen molar-refractivity contribution in [3.63, 3.8) is 0 Å². The van der Waals surface area contributed by atoms with Crippen LogP contribution >= 0.6 is 0 Å². The number of rotatable bonds is 5. The second-order valence-corrected chi connectivity index (χ2v) is 4.27. The van der Waals surface area contributed by atoms with Crippen molar-refractivity contribution in [2.24, 2.45) is 5.92 Å². The van der Waals surface area contributed by atoms with Crippen LogP contribution in [0, 0.1) is 18.3 Å². The third-order valence-corrected chi connectivity index (χ3v) is 2.91. The van der Waals surface area contributed by atoms with Crippen molar-refractivity contribution < 1.29 is 9.90 Å². The van der Waals surface area contributed by atoms with Gasteiger partial charge >= 0.3 is 5.97 Å². The highest BCUT2D eigenvalue weighted by Gasteiger charge is 2.18. The van der Waals surface area contributed by atoms with Crippen LogP contribution < -0.4 is 0 Å². The third-order valence-electron chi connectivity index (χ3n) is 2.91. The van der Waals surface area contributed by atoms with Crippen LogP contribution in [-0.2, 0) is 4.79 Å². The van der Waals surface area contributed by atoms with Crippen LogP contribution in [0.1, 0.15) is 32.1 Å². The fourth-order valence-corrected chi connectivity index (χ4v) is 2.24. The quantitative estimate of drug-likeness (QED) is 0.699. The Morgan fingerprint density at radius 2 is 2.07 bits per heavy atom. The van der Waals surface area contributed by atoms with Crippen LogP contribution in [0.3, 0.4) is 0 Å². The maximum atomic E-state index is 10.6. The molecule has 1 aliphatic carbocycles. The summed E-state index contributed by atoms with van der Waals surface area (Å²) in [6.45, 7) is 1.36. The van der Waals surface area contributed by atoms with Gasteiger partial charge in [-0.2, -0.15) is 0 Å². The molecule has 1 rings (SSSR count). The summed E-state index contributed by atoms with van der Waals surface area (Å²) in [5.74, 6) is 2.38. The summed E-state index contributed by atoms with van der Waals surface area (Å²) >= 11 is 0. The summed E-state index contributed by atoms with van der Waals surface area (Å²) in [5, 5.41) is 8.73. The molecule has 3 heteroatoms. The first-order valence-corrected chi connectivity index (χ1v) is 5.60. The summed E-state index contributed by atoms with van der Waals surface area (Å²) < 4.78 is 0. The average Bonchev–Trinajstić information content (AvgIpc) is 2.18. The largest absolute Gasteiger partial charge is 0.480 e. The lowest BCUT2D eigenvalue weighted by Gasteiger charge is -2.27. The minimum atomic E-state index is -0.791. The fourth-order valence-electron chi connectivity index (χ4n) is 2.24. The second-order valence-electron chi connectivity index (χ2n) is 4.27. The van der Waals surface area contributed by atoms with Gasteiger partial charge in [0.05, 0.1) is 13.1 Å². The van der Waals surface area contributed by atoms with Gasteiger partial charge in [-0.15, -0.1) is 6.42 Å². The van der Waals surface area contributed by atoms with Gasteiger partial charge in [-0.3, -0.25) is 9.69 Å². The lowest BCUT2D eigenvalue weighted by Crippen LogP contribution is -2.35. The molecule has 3 nitrogen and oxygen atoms in total. The lowest BCUT2D eigenvalue weighted by molar-refractivity contribution is -0.138. The van der Waals surface area contributed by atoms with E-state index in [1.165, 1.54) is 32.1 Å². The zero-order valence-electron chi connectivity index (χ0n) is 9.11. The Morgan fingerprint density at radius 1 is 1.40 bits per heavy atom. The first kappa shape index (κ1) is 12.1. The average molecular weight is 209 g/mol.